The number of hydrogen-bond acceptors (Lipinski definition) is 6. The molecule has 0 bridgehead atoms. The molecule has 0 spiro atoms. The fraction of sp³-hybridized carbons (Fsp3) is 0.625. The Morgan fingerprint density at radius 3 is 2.69 bits per heavy atom. The Bertz CT molecular complexity index is 790. The van der Waals surface area contributed by atoms with Gasteiger partial charge in [-0.1, -0.05) is 30.3 Å². The van der Waals surface area contributed by atoms with E-state index >= 15 is 0 Å². The van der Waals surface area contributed by atoms with Gasteiger partial charge in [-0.15, -0.1) is 0 Å². The fourth-order valence-electron chi connectivity index (χ4n) is 4.84. The second-order valence-electron chi connectivity index (χ2n) is 8.61. The van der Waals surface area contributed by atoms with Gasteiger partial charge in [-0.3, -0.25) is 14.9 Å². The van der Waals surface area contributed by atoms with Crippen LogP contribution in [0.2, 0.25) is 0 Å². The van der Waals surface area contributed by atoms with Crippen molar-refractivity contribution in [2.75, 3.05) is 24.7 Å². The van der Waals surface area contributed by atoms with Crippen molar-refractivity contribution in [3.05, 3.63) is 35.9 Å². The molecule has 1 amide bonds. The van der Waals surface area contributed by atoms with Crippen molar-refractivity contribution in [2.24, 2.45) is 11.8 Å². The summed E-state index contributed by atoms with van der Waals surface area (Å²) in [6.45, 7) is 4.17. The molecule has 0 aromatic heterocycles. The molecule has 32 heavy (non-hydrogen) atoms. The van der Waals surface area contributed by atoms with E-state index < -0.39 is 24.1 Å². The number of esters is 1. The Balaban J connectivity index is 1.68. The van der Waals surface area contributed by atoms with E-state index in [1.165, 1.54) is 4.90 Å². The third-order valence-corrected chi connectivity index (χ3v) is 7.67. The Kier molecular flexibility index (Phi) is 8.99. The van der Waals surface area contributed by atoms with Crippen molar-refractivity contribution in [2.45, 2.75) is 57.7 Å². The number of amides is 1. The van der Waals surface area contributed by atoms with Crippen molar-refractivity contribution >= 4 is 29.6 Å². The molecule has 2 fully saturated rings. The first-order chi connectivity index (χ1) is 15.4. The van der Waals surface area contributed by atoms with E-state index in [1.54, 1.807) is 25.6 Å². The molecule has 2 N–H and O–H groups in total. The molecule has 8 heteroatoms. The number of piperidine rings is 1. The molecule has 2 saturated heterocycles. The second kappa shape index (κ2) is 11.7. The summed E-state index contributed by atoms with van der Waals surface area (Å²) in [4.78, 5) is 39.5. The van der Waals surface area contributed by atoms with Crippen molar-refractivity contribution in [3.8, 4) is 0 Å². The molecule has 2 aliphatic rings. The van der Waals surface area contributed by atoms with E-state index in [1.807, 2.05) is 30.3 Å². The van der Waals surface area contributed by atoms with Crippen LogP contribution in [-0.4, -0.2) is 70.6 Å². The van der Waals surface area contributed by atoms with Crippen LogP contribution in [0.15, 0.2) is 30.3 Å². The summed E-state index contributed by atoms with van der Waals surface area (Å²) in [6, 6.07) is 7.72. The smallest absolute Gasteiger partial charge is 0.326 e. The number of nitrogens with zero attached hydrogens (tertiary/aromatic N) is 1. The number of ether oxygens (including phenoxy) is 1. The molecule has 3 rings (SSSR count). The average molecular weight is 463 g/mol. The normalized spacial score (nSPS) is 24.8. The lowest BCUT2D eigenvalue weighted by Gasteiger charge is -2.46. The van der Waals surface area contributed by atoms with Crippen LogP contribution in [0.1, 0.15) is 38.7 Å². The minimum absolute atomic E-state index is 0.0184. The zero-order valence-electron chi connectivity index (χ0n) is 18.9. The second-order valence-corrected chi connectivity index (χ2v) is 9.76. The van der Waals surface area contributed by atoms with Crippen molar-refractivity contribution in [1.29, 1.82) is 0 Å². The highest BCUT2D eigenvalue weighted by Crippen LogP contribution is 2.39. The predicted molar refractivity (Wildman–Crippen MR) is 124 cm³/mol. The summed E-state index contributed by atoms with van der Waals surface area (Å²) in [5.41, 5.74) is 1.10. The molecular formula is C24H34N2O5S. The van der Waals surface area contributed by atoms with Gasteiger partial charge in [-0.25, -0.2) is 4.79 Å². The first kappa shape index (κ1) is 24.6. The fourth-order valence-corrected chi connectivity index (χ4v) is 6.20. The number of benzene rings is 1. The lowest BCUT2D eigenvalue weighted by molar-refractivity contribution is -0.158. The van der Waals surface area contributed by atoms with Gasteiger partial charge < -0.3 is 14.7 Å². The van der Waals surface area contributed by atoms with Gasteiger partial charge in [-0.05, 0) is 62.5 Å². The van der Waals surface area contributed by atoms with Gasteiger partial charge in [0, 0.05) is 12.5 Å². The van der Waals surface area contributed by atoms with Crippen LogP contribution in [0.4, 0.5) is 0 Å². The van der Waals surface area contributed by atoms with Gasteiger partial charge in [0.15, 0.2) is 0 Å². The average Bonchev–Trinajstić information content (AvgIpc) is 2.80. The van der Waals surface area contributed by atoms with E-state index in [4.69, 9.17) is 4.74 Å². The number of likely N-dealkylation sites (tertiary alicyclic amines) is 1. The quantitative estimate of drug-likeness (QED) is 0.545. The first-order valence-electron chi connectivity index (χ1n) is 11.5. The Hall–Kier alpha value is -2.06. The van der Waals surface area contributed by atoms with Gasteiger partial charge in [0.25, 0.3) is 0 Å². The number of fused-ring (bicyclic) bond motifs is 1. The topological polar surface area (TPSA) is 95.9 Å². The van der Waals surface area contributed by atoms with Crippen LogP contribution >= 0.6 is 11.8 Å². The zero-order chi connectivity index (χ0) is 23.1. The lowest BCUT2D eigenvalue weighted by Crippen LogP contribution is -2.61. The monoisotopic (exact) mass is 462 g/mol. The van der Waals surface area contributed by atoms with Crippen LogP contribution in [0.3, 0.4) is 0 Å². The number of aliphatic carboxylic acids is 1. The number of carbonyl (C=O) groups excluding carboxylic acids is 2. The predicted octanol–water partition coefficient (Wildman–Crippen LogP) is 2.58. The third kappa shape index (κ3) is 6.04. The van der Waals surface area contributed by atoms with E-state index in [2.05, 4.69) is 5.32 Å². The molecule has 176 valence electrons. The van der Waals surface area contributed by atoms with Crippen molar-refractivity contribution in [1.82, 2.24) is 10.2 Å². The highest BCUT2D eigenvalue weighted by Gasteiger charge is 2.46. The van der Waals surface area contributed by atoms with Crippen LogP contribution in [0.25, 0.3) is 0 Å². The molecule has 3 unspecified atom stereocenters. The molecule has 0 radical (unpaired) electrons. The van der Waals surface area contributed by atoms with E-state index in [-0.39, 0.29) is 24.4 Å². The standard InChI is InChI=1S/C24H34N2O5S/c1-3-31-24(30)20(10-9-17-7-5-4-6-8-17)25-16(2)22(27)26-13-11-18-12-14-32-15-19(18)21(26)23(28)29/h4-8,16,18-21,25H,3,9-15H2,1-2H3,(H,28,29)/t16?,18?,19?,20-,21-/m0/s1. The van der Waals surface area contributed by atoms with Crippen LogP contribution in [0, 0.1) is 11.8 Å². The van der Waals surface area contributed by atoms with Crippen molar-refractivity contribution in [3.63, 3.8) is 0 Å². The first-order valence-corrected chi connectivity index (χ1v) is 12.7. The summed E-state index contributed by atoms with van der Waals surface area (Å²) in [5, 5.41) is 13.1. The molecule has 2 aliphatic heterocycles. The molecule has 5 atom stereocenters. The molecule has 1 aromatic rings. The Morgan fingerprint density at radius 2 is 2.00 bits per heavy atom. The number of nitrogens with one attached hydrogen (secondary N) is 1. The lowest BCUT2D eigenvalue weighted by atomic mass is 9.78. The van der Waals surface area contributed by atoms with Crippen LogP contribution in [-0.2, 0) is 25.5 Å². The van der Waals surface area contributed by atoms with Crippen LogP contribution < -0.4 is 5.32 Å². The van der Waals surface area contributed by atoms with Gasteiger partial charge in [0.05, 0.1) is 12.6 Å². The van der Waals surface area contributed by atoms with Gasteiger partial charge in [-0.2, -0.15) is 11.8 Å². The van der Waals surface area contributed by atoms with E-state index in [9.17, 15) is 19.5 Å². The van der Waals surface area contributed by atoms with Gasteiger partial charge in [0.1, 0.15) is 12.1 Å². The van der Waals surface area contributed by atoms with Gasteiger partial charge >= 0.3 is 11.9 Å². The van der Waals surface area contributed by atoms with E-state index in [0.717, 1.165) is 29.9 Å². The number of carboxylic acids is 1. The summed E-state index contributed by atoms with van der Waals surface area (Å²) in [5.74, 6) is 0.588. The minimum atomic E-state index is -0.936. The minimum Gasteiger partial charge on any atom is -0.480 e. The molecule has 2 heterocycles. The number of carbonyl (C=O) groups is 3. The van der Waals surface area contributed by atoms with E-state index in [0.29, 0.717) is 25.3 Å². The van der Waals surface area contributed by atoms with Crippen molar-refractivity contribution < 1.29 is 24.2 Å². The number of aryl methyl sites for hydroxylation is 1. The molecular weight excluding hydrogens is 428 g/mol. The molecule has 7 nitrogen and oxygen atoms in total. The largest absolute Gasteiger partial charge is 0.480 e. The van der Waals surface area contributed by atoms with Gasteiger partial charge in [0.2, 0.25) is 5.91 Å². The SMILES string of the molecule is CCOC(=O)[C@H](CCc1ccccc1)NC(C)C(=O)N1CCC2CCSCC2[C@H]1C(=O)O. The summed E-state index contributed by atoms with van der Waals surface area (Å²) < 4.78 is 5.23. The summed E-state index contributed by atoms with van der Waals surface area (Å²) in [6.07, 6.45) is 3.01. The Labute approximate surface area is 194 Å². The third-order valence-electron chi connectivity index (χ3n) is 6.52. The molecule has 0 saturated carbocycles. The highest BCUT2D eigenvalue weighted by atomic mass is 32.2. The molecule has 1 aromatic carbocycles. The number of hydrogen-bond donors (Lipinski definition) is 2. The zero-order valence-corrected chi connectivity index (χ0v) is 19.7. The number of carboxylic acid groups (broad SMARTS) is 1. The number of rotatable bonds is 9. The maximum absolute atomic E-state index is 13.3. The summed E-state index contributed by atoms with van der Waals surface area (Å²) >= 11 is 1.77. The molecule has 0 aliphatic carbocycles. The summed E-state index contributed by atoms with van der Waals surface area (Å²) in [7, 11) is 0. The number of thioether (sulfide) groups is 1. The highest BCUT2D eigenvalue weighted by molar-refractivity contribution is 7.99. The maximum atomic E-state index is 13.3. The maximum Gasteiger partial charge on any atom is 0.326 e. The Morgan fingerprint density at radius 1 is 1.25 bits per heavy atom. The van der Waals surface area contributed by atoms with Crippen LogP contribution in [0.5, 0.6) is 0 Å².